The van der Waals surface area contributed by atoms with Gasteiger partial charge >= 0.3 is 0 Å². The van der Waals surface area contributed by atoms with Crippen molar-refractivity contribution in [1.29, 1.82) is 0 Å². The van der Waals surface area contributed by atoms with Gasteiger partial charge in [0, 0.05) is 5.56 Å². The van der Waals surface area contributed by atoms with E-state index < -0.39 is 0 Å². The maximum Gasteiger partial charge on any atom is 0.106 e. The van der Waals surface area contributed by atoms with Gasteiger partial charge in [0.05, 0.1) is 16.3 Å². The number of oxime groups is 1. The average Bonchev–Trinajstić information content (AvgIpc) is 2.04. The molecule has 0 aliphatic carbocycles. The second-order valence-corrected chi connectivity index (χ2v) is 2.87. The van der Waals surface area contributed by atoms with Crippen molar-refractivity contribution < 1.29 is 4.84 Å². The zero-order valence-electron chi connectivity index (χ0n) is 6.42. The van der Waals surface area contributed by atoms with Gasteiger partial charge in [0.1, 0.15) is 7.11 Å². The summed E-state index contributed by atoms with van der Waals surface area (Å²) in [6.45, 7) is 0. The van der Waals surface area contributed by atoms with E-state index in [1.54, 1.807) is 18.2 Å². The van der Waals surface area contributed by atoms with Crippen molar-refractivity contribution in [2.45, 2.75) is 0 Å². The highest BCUT2D eigenvalue weighted by Gasteiger charge is 2.01. The van der Waals surface area contributed by atoms with E-state index in [2.05, 4.69) is 9.99 Å². The number of hydrogen-bond donors (Lipinski definition) is 0. The lowest BCUT2D eigenvalue weighted by Gasteiger charge is -1.98. The van der Waals surface area contributed by atoms with Crippen molar-refractivity contribution in [3.8, 4) is 0 Å². The van der Waals surface area contributed by atoms with E-state index in [0.717, 1.165) is 0 Å². The molecule has 0 heterocycles. The van der Waals surface area contributed by atoms with Crippen LogP contribution in [0.15, 0.2) is 23.4 Å². The summed E-state index contributed by atoms with van der Waals surface area (Å²) in [6.07, 6.45) is 1.48. The summed E-state index contributed by atoms with van der Waals surface area (Å²) in [6, 6.07) is 5.25. The van der Waals surface area contributed by atoms with Gasteiger partial charge in [-0.1, -0.05) is 34.4 Å². The molecule has 0 aromatic heterocycles. The summed E-state index contributed by atoms with van der Waals surface area (Å²) < 4.78 is 0. The Labute approximate surface area is 80.7 Å². The first-order chi connectivity index (χ1) is 5.75. The molecule has 0 bridgehead atoms. The van der Waals surface area contributed by atoms with Crippen LogP contribution in [0.2, 0.25) is 10.0 Å². The summed E-state index contributed by atoms with van der Waals surface area (Å²) in [5.41, 5.74) is 0.669. The number of benzene rings is 1. The molecule has 0 fully saturated rings. The Kier molecular flexibility index (Phi) is 3.38. The van der Waals surface area contributed by atoms with Crippen LogP contribution < -0.4 is 0 Å². The highest BCUT2D eigenvalue weighted by Crippen LogP contribution is 2.21. The van der Waals surface area contributed by atoms with Gasteiger partial charge in [0.2, 0.25) is 0 Å². The molecule has 0 N–H and O–H groups in total. The molecule has 1 aromatic rings. The lowest BCUT2D eigenvalue weighted by molar-refractivity contribution is 0.215. The molecule has 12 heavy (non-hydrogen) atoms. The highest BCUT2D eigenvalue weighted by molar-refractivity contribution is 6.38. The van der Waals surface area contributed by atoms with Crippen molar-refractivity contribution in [1.82, 2.24) is 0 Å². The van der Waals surface area contributed by atoms with Gasteiger partial charge in [-0.25, -0.2) is 0 Å². The Morgan fingerprint density at radius 2 is 1.92 bits per heavy atom. The summed E-state index contributed by atoms with van der Waals surface area (Å²) in [5, 5.41) is 4.69. The van der Waals surface area contributed by atoms with E-state index in [-0.39, 0.29) is 0 Å². The van der Waals surface area contributed by atoms with Crippen molar-refractivity contribution in [3.05, 3.63) is 33.8 Å². The van der Waals surface area contributed by atoms with Crippen LogP contribution in [0, 0.1) is 0 Å². The molecule has 64 valence electrons. The van der Waals surface area contributed by atoms with Gasteiger partial charge in [0.25, 0.3) is 0 Å². The minimum Gasteiger partial charge on any atom is -0.399 e. The molecule has 0 radical (unpaired) electrons. The van der Waals surface area contributed by atoms with E-state index in [9.17, 15) is 0 Å². The number of rotatable bonds is 2. The first-order valence-corrected chi connectivity index (χ1v) is 4.02. The molecule has 0 atom stereocenters. The first kappa shape index (κ1) is 9.36. The monoisotopic (exact) mass is 203 g/mol. The molecule has 1 rings (SSSR count). The smallest absolute Gasteiger partial charge is 0.106 e. The first-order valence-electron chi connectivity index (χ1n) is 3.26. The van der Waals surface area contributed by atoms with E-state index in [1.165, 1.54) is 13.3 Å². The molecule has 1 aromatic carbocycles. The molecule has 0 saturated heterocycles. The van der Waals surface area contributed by atoms with Crippen LogP contribution in [0.4, 0.5) is 0 Å². The van der Waals surface area contributed by atoms with E-state index in [0.29, 0.717) is 15.6 Å². The predicted octanol–water partition coefficient (Wildman–Crippen LogP) is 2.97. The standard InChI is InChI=1S/C8H7Cl2NO/c1-12-11-5-6-7(9)3-2-4-8(6)10/h2-5H,1H3. The van der Waals surface area contributed by atoms with Gasteiger partial charge < -0.3 is 4.84 Å². The summed E-state index contributed by atoms with van der Waals surface area (Å²) in [5.74, 6) is 0. The highest BCUT2D eigenvalue weighted by atomic mass is 35.5. The summed E-state index contributed by atoms with van der Waals surface area (Å²) in [4.78, 5) is 4.51. The van der Waals surface area contributed by atoms with Crippen LogP contribution in [0.1, 0.15) is 5.56 Å². The fourth-order valence-corrected chi connectivity index (χ4v) is 1.23. The Morgan fingerprint density at radius 3 is 2.42 bits per heavy atom. The Hall–Kier alpha value is -0.730. The van der Waals surface area contributed by atoms with Crippen LogP contribution in [0.25, 0.3) is 0 Å². The Balaban J connectivity index is 3.04. The molecule has 4 heteroatoms. The van der Waals surface area contributed by atoms with Gasteiger partial charge in [-0.2, -0.15) is 0 Å². The van der Waals surface area contributed by atoms with Crippen LogP contribution >= 0.6 is 23.2 Å². The number of nitrogens with zero attached hydrogens (tertiary/aromatic N) is 1. The summed E-state index contributed by atoms with van der Waals surface area (Å²) >= 11 is 11.7. The van der Waals surface area contributed by atoms with E-state index in [1.807, 2.05) is 0 Å². The summed E-state index contributed by atoms with van der Waals surface area (Å²) in [7, 11) is 1.46. The molecular formula is C8H7Cl2NO. The van der Waals surface area contributed by atoms with Crippen molar-refractivity contribution >= 4 is 29.4 Å². The fourth-order valence-electron chi connectivity index (χ4n) is 0.739. The minimum absolute atomic E-state index is 0.559. The second-order valence-electron chi connectivity index (χ2n) is 2.05. The predicted molar refractivity (Wildman–Crippen MR) is 51.1 cm³/mol. The minimum atomic E-state index is 0.559. The lowest BCUT2D eigenvalue weighted by Crippen LogP contribution is -1.85. The van der Waals surface area contributed by atoms with Crippen LogP contribution in [-0.2, 0) is 4.84 Å². The number of hydrogen-bond acceptors (Lipinski definition) is 2. The molecule has 0 amide bonds. The van der Waals surface area contributed by atoms with Crippen LogP contribution in [0.5, 0.6) is 0 Å². The molecule has 0 unspecified atom stereocenters. The van der Waals surface area contributed by atoms with E-state index >= 15 is 0 Å². The maximum absolute atomic E-state index is 5.83. The van der Waals surface area contributed by atoms with Gasteiger partial charge in [-0.15, -0.1) is 0 Å². The van der Waals surface area contributed by atoms with Crippen molar-refractivity contribution in [2.75, 3.05) is 7.11 Å². The van der Waals surface area contributed by atoms with E-state index in [4.69, 9.17) is 23.2 Å². The third-order valence-electron chi connectivity index (χ3n) is 1.29. The molecule has 2 nitrogen and oxygen atoms in total. The van der Waals surface area contributed by atoms with Crippen molar-refractivity contribution in [2.24, 2.45) is 5.16 Å². The largest absolute Gasteiger partial charge is 0.399 e. The zero-order chi connectivity index (χ0) is 8.97. The fraction of sp³-hybridized carbons (Fsp3) is 0.125. The number of halogens is 2. The normalized spacial score (nSPS) is 10.6. The molecule has 0 spiro atoms. The second kappa shape index (κ2) is 4.33. The van der Waals surface area contributed by atoms with Crippen LogP contribution in [-0.4, -0.2) is 13.3 Å². The SMILES string of the molecule is CON=Cc1c(Cl)cccc1Cl. The molecule has 0 saturated carbocycles. The molecule has 0 aliphatic heterocycles. The average molecular weight is 204 g/mol. The topological polar surface area (TPSA) is 21.6 Å². The zero-order valence-corrected chi connectivity index (χ0v) is 7.93. The van der Waals surface area contributed by atoms with Crippen LogP contribution in [0.3, 0.4) is 0 Å². The third-order valence-corrected chi connectivity index (χ3v) is 1.95. The molecular weight excluding hydrogens is 197 g/mol. The van der Waals surface area contributed by atoms with Gasteiger partial charge in [-0.3, -0.25) is 0 Å². The quantitative estimate of drug-likeness (QED) is 0.536. The Morgan fingerprint density at radius 1 is 1.33 bits per heavy atom. The van der Waals surface area contributed by atoms with Gasteiger partial charge in [0.15, 0.2) is 0 Å². The van der Waals surface area contributed by atoms with Crippen molar-refractivity contribution in [3.63, 3.8) is 0 Å². The lowest BCUT2D eigenvalue weighted by atomic mass is 10.2. The maximum atomic E-state index is 5.83. The Bertz CT molecular complexity index is 279. The third kappa shape index (κ3) is 2.13. The van der Waals surface area contributed by atoms with Gasteiger partial charge in [-0.05, 0) is 12.1 Å². The molecule has 0 aliphatic rings.